The van der Waals surface area contributed by atoms with Crippen LogP contribution in [0.3, 0.4) is 0 Å². The summed E-state index contributed by atoms with van der Waals surface area (Å²) in [6, 6.07) is 12.0. The predicted molar refractivity (Wildman–Crippen MR) is 66.7 cm³/mol. The van der Waals surface area contributed by atoms with Gasteiger partial charge in [0.2, 0.25) is 5.91 Å². The van der Waals surface area contributed by atoms with Crippen LogP contribution in [0.15, 0.2) is 36.4 Å². The average molecular weight is 226 g/mol. The molecule has 1 fully saturated rings. The Hall–Kier alpha value is -1.90. The molecule has 17 heavy (non-hydrogen) atoms. The number of benzene rings is 1. The molecular formula is C14H14N2O. The third kappa shape index (κ3) is 1.68. The maximum atomic E-state index is 11.9. The van der Waals surface area contributed by atoms with Crippen molar-refractivity contribution >= 4 is 16.8 Å². The van der Waals surface area contributed by atoms with Gasteiger partial charge in [-0.05, 0) is 18.6 Å². The molecule has 1 aromatic carbocycles. The standard InChI is InChI=1S/C14H14N2O/c1-16-9-8-11(14(16)17)13-7-6-10-4-2-3-5-12(10)15-13/h2-7,11H,8-9H2,1H3. The smallest absolute Gasteiger partial charge is 0.231 e. The predicted octanol–water partition coefficient (Wildman–Crippen LogP) is 2.18. The minimum Gasteiger partial charge on any atom is -0.345 e. The fourth-order valence-electron chi connectivity index (χ4n) is 2.37. The van der Waals surface area contributed by atoms with Crippen molar-refractivity contribution in [2.75, 3.05) is 13.6 Å². The molecule has 3 heteroatoms. The minimum atomic E-state index is -0.0513. The third-order valence-corrected chi connectivity index (χ3v) is 3.40. The average Bonchev–Trinajstić information content (AvgIpc) is 2.70. The van der Waals surface area contributed by atoms with E-state index in [0.717, 1.165) is 29.6 Å². The molecule has 1 unspecified atom stereocenters. The number of hydrogen-bond donors (Lipinski definition) is 0. The van der Waals surface area contributed by atoms with E-state index in [2.05, 4.69) is 4.98 Å². The molecule has 0 radical (unpaired) electrons. The van der Waals surface area contributed by atoms with Crippen molar-refractivity contribution in [2.45, 2.75) is 12.3 Å². The van der Waals surface area contributed by atoms with E-state index in [-0.39, 0.29) is 11.8 Å². The van der Waals surface area contributed by atoms with Gasteiger partial charge in [0.25, 0.3) is 0 Å². The molecule has 86 valence electrons. The highest BCUT2D eigenvalue weighted by atomic mass is 16.2. The number of amides is 1. The van der Waals surface area contributed by atoms with Crippen LogP contribution in [0, 0.1) is 0 Å². The zero-order valence-corrected chi connectivity index (χ0v) is 9.76. The van der Waals surface area contributed by atoms with Crippen LogP contribution in [0.5, 0.6) is 0 Å². The highest BCUT2D eigenvalue weighted by Gasteiger charge is 2.31. The third-order valence-electron chi connectivity index (χ3n) is 3.40. The summed E-state index contributed by atoms with van der Waals surface area (Å²) in [6.45, 7) is 0.831. The summed E-state index contributed by atoms with van der Waals surface area (Å²) >= 11 is 0. The van der Waals surface area contributed by atoms with Crippen LogP contribution in [0.2, 0.25) is 0 Å². The van der Waals surface area contributed by atoms with Gasteiger partial charge >= 0.3 is 0 Å². The molecule has 0 bridgehead atoms. The SMILES string of the molecule is CN1CCC(c2ccc3ccccc3n2)C1=O. The number of carbonyl (C=O) groups excluding carboxylic acids is 1. The van der Waals surface area contributed by atoms with Gasteiger partial charge in [0.1, 0.15) is 0 Å². The quantitative estimate of drug-likeness (QED) is 0.746. The van der Waals surface area contributed by atoms with E-state index in [0.29, 0.717) is 0 Å². The Morgan fingerprint density at radius 2 is 2.06 bits per heavy atom. The van der Waals surface area contributed by atoms with E-state index in [4.69, 9.17) is 0 Å². The minimum absolute atomic E-state index is 0.0513. The summed E-state index contributed by atoms with van der Waals surface area (Å²) in [5, 5.41) is 1.12. The van der Waals surface area contributed by atoms with E-state index >= 15 is 0 Å². The highest BCUT2D eigenvalue weighted by Crippen LogP contribution is 2.27. The molecule has 0 saturated carbocycles. The number of fused-ring (bicyclic) bond motifs is 1. The van der Waals surface area contributed by atoms with Gasteiger partial charge in [0.15, 0.2) is 0 Å². The zero-order chi connectivity index (χ0) is 11.8. The van der Waals surface area contributed by atoms with Gasteiger partial charge in [-0.1, -0.05) is 24.3 Å². The molecular weight excluding hydrogens is 212 g/mol. The lowest BCUT2D eigenvalue weighted by Gasteiger charge is -2.10. The molecule has 2 aromatic rings. The van der Waals surface area contributed by atoms with Gasteiger partial charge in [0.05, 0.1) is 17.1 Å². The van der Waals surface area contributed by atoms with Crippen LogP contribution in [0.1, 0.15) is 18.0 Å². The number of carbonyl (C=O) groups is 1. The van der Waals surface area contributed by atoms with Gasteiger partial charge in [-0.2, -0.15) is 0 Å². The normalized spacial score (nSPS) is 20.2. The molecule has 1 saturated heterocycles. The number of likely N-dealkylation sites (tertiary alicyclic amines) is 1. The van der Waals surface area contributed by atoms with Gasteiger partial charge in [-0.15, -0.1) is 0 Å². The van der Waals surface area contributed by atoms with E-state index in [9.17, 15) is 4.79 Å². The van der Waals surface area contributed by atoms with Gasteiger partial charge in [-0.3, -0.25) is 9.78 Å². The molecule has 3 nitrogen and oxygen atoms in total. The second kappa shape index (κ2) is 3.84. The van der Waals surface area contributed by atoms with Crippen molar-refractivity contribution in [3.63, 3.8) is 0 Å². The van der Waals surface area contributed by atoms with Crippen molar-refractivity contribution in [1.29, 1.82) is 0 Å². The molecule has 3 rings (SSSR count). The summed E-state index contributed by atoms with van der Waals surface area (Å²) in [4.78, 5) is 18.3. The summed E-state index contributed by atoms with van der Waals surface area (Å²) < 4.78 is 0. The molecule has 2 heterocycles. The van der Waals surface area contributed by atoms with Crippen molar-refractivity contribution < 1.29 is 4.79 Å². The molecule has 0 spiro atoms. The van der Waals surface area contributed by atoms with Crippen molar-refractivity contribution in [3.05, 3.63) is 42.1 Å². The van der Waals surface area contributed by atoms with E-state index < -0.39 is 0 Å². The zero-order valence-electron chi connectivity index (χ0n) is 9.76. The molecule has 0 N–H and O–H groups in total. The fraction of sp³-hybridized carbons (Fsp3) is 0.286. The van der Waals surface area contributed by atoms with Crippen LogP contribution in [0.4, 0.5) is 0 Å². The lowest BCUT2D eigenvalue weighted by molar-refractivity contribution is -0.127. The fourth-order valence-corrected chi connectivity index (χ4v) is 2.37. The summed E-state index contributed by atoms with van der Waals surface area (Å²) in [5.41, 5.74) is 1.87. The number of rotatable bonds is 1. The molecule has 1 aliphatic rings. The van der Waals surface area contributed by atoms with E-state index in [1.165, 1.54) is 0 Å². The Morgan fingerprint density at radius 1 is 1.24 bits per heavy atom. The Kier molecular flexibility index (Phi) is 2.32. The second-order valence-corrected chi connectivity index (χ2v) is 4.53. The first kappa shape index (κ1) is 10.3. The maximum absolute atomic E-state index is 11.9. The maximum Gasteiger partial charge on any atom is 0.231 e. The topological polar surface area (TPSA) is 33.2 Å². The van der Waals surface area contributed by atoms with Gasteiger partial charge in [0, 0.05) is 19.0 Å². The number of pyridine rings is 1. The van der Waals surface area contributed by atoms with Crippen molar-refractivity contribution in [1.82, 2.24) is 9.88 Å². The van der Waals surface area contributed by atoms with Crippen LogP contribution in [0.25, 0.3) is 10.9 Å². The monoisotopic (exact) mass is 226 g/mol. The van der Waals surface area contributed by atoms with Gasteiger partial charge < -0.3 is 4.90 Å². The molecule has 1 atom stereocenters. The van der Waals surface area contributed by atoms with E-state index in [1.54, 1.807) is 4.90 Å². The number of nitrogens with zero attached hydrogens (tertiary/aromatic N) is 2. The molecule has 1 aliphatic heterocycles. The largest absolute Gasteiger partial charge is 0.345 e. The summed E-state index contributed by atoms with van der Waals surface area (Å²) in [5.74, 6) is 0.136. The van der Waals surface area contributed by atoms with Crippen LogP contribution >= 0.6 is 0 Å². The lowest BCUT2D eigenvalue weighted by atomic mass is 10.0. The number of likely N-dealkylation sites (N-methyl/N-ethyl adjacent to an activating group) is 1. The first-order valence-electron chi connectivity index (χ1n) is 5.86. The first-order valence-corrected chi connectivity index (χ1v) is 5.86. The number of para-hydroxylation sites is 1. The molecule has 1 amide bonds. The summed E-state index contributed by atoms with van der Waals surface area (Å²) in [7, 11) is 1.85. The van der Waals surface area contributed by atoms with Crippen molar-refractivity contribution in [3.8, 4) is 0 Å². The van der Waals surface area contributed by atoms with E-state index in [1.807, 2.05) is 43.4 Å². The van der Waals surface area contributed by atoms with Crippen LogP contribution in [-0.4, -0.2) is 29.4 Å². The summed E-state index contributed by atoms with van der Waals surface area (Å²) in [6.07, 6.45) is 0.876. The first-order chi connectivity index (χ1) is 8.25. The lowest BCUT2D eigenvalue weighted by Crippen LogP contribution is -2.22. The molecule has 1 aromatic heterocycles. The van der Waals surface area contributed by atoms with Gasteiger partial charge in [-0.25, -0.2) is 0 Å². The number of hydrogen-bond acceptors (Lipinski definition) is 2. The van der Waals surface area contributed by atoms with Crippen LogP contribution < -0.4 is 0 Å². The highest BCUT2D eigenvalue weighted by molar-refractivity contribution is 5.86. The Labute approximate surface area is 100 Å². The Morgan fingerprint density at radius 3 is 2.82 bits per heavy atom. The second-order valence-electron chi connectivity index (χ2n) is 4.53. The number of aromatic nitrogens is 1. The Bertz CT molecular complexity index is 579. The molecule has 0 aliphatic carbocycles. The Balaban J connectivity index is 2.04. The van der Waals surface area contributed by atoms with Crippen LogP contribution in [-0.2, 0) is 4.79 Å². The van der Waals surface area contributed by atoms with Crippen molar-refractivity contribution in [2.24, 2.45) is 0 Å².